The van der Waals surface area contributed by atoms with Crippen molar-refractivity contribution in [1.82, 2.24) is 9.69 Å². The van der Waals surface area contributed by atoms with Crippen molar-refractivity contribution in [3.63, 3.8) is 0 Å². The first-order chi connectivity index (χ1) is 10.9. The monoisotopic (exact) mass is 378 g/mol. The Hall–Kier alpha value is -0.850. The van der Waals surface area contributed by atoms with Gasteiger partial charge in [0.05, 0.1) is 0 Å². The van der Waals surface area contributed by atoms with E-state index in [1.54, 1.807) is 0 Å². The number of hydrogen-bond donors (Lipinski definition) is 1. The average Bonchev–Trinajstić information content (AvgIpc) is 3.09. The van der Waals surface area contributed by atoms with Crippen LogP contribution < -0.4 is 5.32 Å². The van der Waals surface area contributed by atoms with Crippen molar-refractivity contribution in [1.29, 1.82) is 0 Å². The van der Waals surface area contributed by atoms with Crippen LogP contribution in [-0.4, -0.2) is 28.4 Å². The highest BCUT2D eigenvalue weighted by Crippen LogP contribution is 2.30. The summed E-state index contributed by atoms with van der Waals surface area (Å²) in [5, 5.41) is 3.04. The zero-order chi connectivity index (χ0) is 17.0. The van der Waals surface area contributed by atoms with Crippen LogP contribution in [0, 0.1) is 5.92 Å². The van der Waals surface area contributed by atoms with Crippen molar-refractivity contribution >= 4 is 46.6 Å². The molecule has 1 N–H and O–H groups in total. The molecule has 1 aromatic heterocycles. The molecule has 0 spiro atoms. The number of halogens is 2. The average molecular weight is 379 g/mol. The quantitative estimate of drug-likeness (QED) is 0.757. The van der Waals surface area contributed by atoms with Gasteiger partial charge in [0, 0.05) is 6.04 Å². The third-order valence-corrected chi connectivity index (χ3v) is 5.33. The zero-order valence-corrected chi connectivity index (χ0v) is 15.4. The van der Waals surface area contributed by atoms with Gasteiger partial charge in [0.25, 0.3) is 5.91 Å². The Morgan fingerprint density at radius 3 is 2.52 bits per heavy atom. The molecule has 0 unspecified atom stereocenters. The SMILES string of the molecule is CC(C)C[C@H](OC(=O)c1nsc(Cl)c1Cl)C(=O)NC1CCCC1. The van der Waals surface area contributed by atoms with Gasteiger partial charge in [-0.05, 0) is 36.7 Å². The Morgan fingerprint density at radius 2 is 2.00 bits per heavy atom. The topological polar surface area (TPSA) is 68.3 Å². The summed E-state index contributed by atoms with van der Waals surface area (Å²) in [6.07, 6.45) is 3.78. The van der Waals surface area contributed by atoms with Gasteiger partial charge in [-0.2, -0.15) is 4.37 Å². The first-order valence-corrected chi connectivity index (χ1v) is 9.23. The van der Waals surface area contributed by atoms with E-state index in [-0.39, 0.29) is 32.9 Å². The Kier molecular flexibility index (Phi) is 6.68. The Morgan fingerprint density at radius 1 is 1.35 bits per heavy atom. The maximum Gasteiger partial charge on any atom is 0.360 e. The van der Waals surface area contributed by atoms with E-state index in [4.69, 9.17) is 27.9 Å². The summed E-state index contributed by atoms with van der Waals surface area (Å²) in [5.74, 6) is -0.765. The highest BCUT2D eigenvalue weighted by molar-refractivity contribution is 7.11. The maximum atomic E-state index is 12.4. The van der Waals surface area contributed by atoms with Crippen LogP contribution in [0.3, 0.4) is 0 Å². The minimum Gasteiger partial charge on any atom is -0.447 e. The maximum absolute atomic E-state index is 12.4. The number of carbonyl (C=O) groups excluding carboxylic acids is 2. The number of aromatic nitrogens is 1. The van der Waals surface area contributed by atoms with Gasteiger partial charge >= 0.3 is 5.97 Å². The van der Waals surface area contributed by atoms with Gasteiger partial charge in [0.1, 0.15) is 9.36 Å². The highest BCUT2D eigenvalue weighted by Gasteiger charge is 2.29. The normalized spacial score (nSPS) is 16.6. The van der Waals surface area contributed by atoms with Crippen LogP contribution in [0.25, 0.3) is 0 Å². The molecule has 0 radical (unpaired) electrons. The van der Waals surface area contributed by atoms with Crippen LogP contribution in [0.15, 0.2) is 0 Å². The van der Waals surface area contributed by atoms with Crippen molar-refractivity contribution in [2.24, 2.45) is 5.92 Å². The van der Waals surface area contributed by atoms with Gasteiger partial charge in [0.15, 0.2) is 11.8 Å². The second-order valence-electron chi connectivity index (χ2n) is 6.13. The molecule has 0 bridgehead atoms. The largest absolute Gasteiger partial charge is 0.447 e. The van der Waals surface area contributed by atoms with Crippen LogP contribution in [-0.2, 0) is 9.53 Å². The molecule has 1 saturated carbocycles. The summed E-state index contributed by atoms with van der Waals surface area (Å²) in [6, 6.07) is 0.174. The minimum absolute atomic E-state index is 0.0379. The predicted octanol–water partition coefficient (Wildman–Crippen LogP) is 4.08. The van der Waals surface area contributed by atoms with E-state index in [1.165, 1.54) is 0 Å². The van der Waals surface area contributed by atoms with Gasteiger partial charge in [-0.1, -0.05) is 49.9 Å². The summed E-state index contributed by atoms with van der Waals surface area (Å²) >= 11 is 12.6. The van der Waals surface area contributed by atoms with Crippen molar-refractivity contribution in [3.05, 3.63) is 15.1 Å². The third kappa shape index (κ3) is 5.06. The van der Waals surface area contributed by atoms with E-state index in [9.17, 15) is 9.59 Å². The van der Waals surface area contributed by atoms with Crippen LogP contribution in [0.4, 0.5) is 0 Å². The van der Waals surface area contributed by atoms with Crippen molar-refractivity contribution < 1.29 is 14.3 Å². The van der Waals surface area contributed by atoms with Gasteiger partial charge in [-0.15, -0.1) is 0 Å². The van der Waals surface area contributed by atoms with E-state index in [2.05, 4.69) is 9.69 Å². The summed E-state index contributed by atoms with van der Waals surface area (Å²) < 4.78 is 9.48. The predicted molar refractivity (Wildman–Crippen MR) is 91.2 cm³/mol. The number of nitrogens with zero attached hydrogens (tertiary/aromatic N) is 1. The summed E-state index contributed by atoms with van der Waals surface area (Å²) in [4.78, 5) is 24.6. The minimum atomic E-state index is -0.848. The van der Waals surface area contributed by atoms with E-state index >= 15 is 0 Å². The molecule has 1 aliphatic carbocycles. The van der Waals surface area contributed by atoms with Gasteiger partial charge in [-0.3, -0.25) is 4.79 Å². The number of esters is 1. The molecule has 23 heavy (non-hydrogen) atoms. The molecule has 128 valence electrons. The summed E-state index contributed by atoms with van der Waals surface area (Å²) in [6.45, 7) is 3.94. The van der Waals surface area contributed by atoms with Crippen molar-refractivity contribution in [2.75, 3.05) is 0 Å². The van der Waals surface area contributed by atoms with Crippen molar-refractivity contribution in [2.45, 2.75) is 58.1 Å². The number of amides is 1. The van der Waals surface area contributed by atoms with E-state index in [0.717, 1.165) is 37.2 Å². The van der Waals surface area contributed by atoms with E-state index in [0.29, 0.717) is 6.42 Å². The standard InChI is InChI=1S/C15H20Cl2N2O3S/c1-8(2)7-10(14(20)18-9-5-3-4-6-9)22-15(21)12-11(16)13(17)23-19-12/h8-10H,3-7H2,1-2H3,(H,18,20)/t10-/m0/s1. The number of rotatable bonds is 6. The fourth-order valence-corrected chi connectivity index (χ4v) is 3.55. The smallest absolute Gasteiger partial charge is 0.360 e. The number of nitrogens with one attached hydrogen (secondary N) is 1. The molecule has 0 saturated heterocycles. The summed E-state index contributed by atoms with van der Waals surface area (Å²) in [5.41, 5.74) is -0.0379. The van der Waals surface area contributed by atoms with Crippen LogP contribution in [0.2, 0.25) is 9.36 Å². The Labute approximate surface area is 149 Å². The van der Waals surface area contributed by atoms with Crippen LogP contribution in [0.1, 0.15) is 56.4 Å². The molecule has 5 nitrogen and oxygen atoms in total. The number of hydrogen-bond acceptors (Lipinski definition) is 5. The van der Waals surface area contributed by atoms with E-state index in [1.807, 2.05) is 13.8 Å². The lowest BCUT2D eigenvalue weighted by atomic mass is 10.0. The molecular formula is C15H20Cl2N2O3S. The lowest BCUT2D eigenvalue weighted by molar-refractivity contribution is -0.131. The van der Waals surface area contributed by atoms with Gasteiger partial charge in [-0.25, -0.2) is 4.79 Å². The zero-order valence-electron chi connectivity index (χ0n) is 13.1. The molecule has 1 aromatic rings. The van der Waals surface area contributed by atoms with Gasteiger partial charge < -0.3 is 10.1 Å². The molecule has 1 atom stereocenters. The Bertz CT molecular complexity index is 571. The second kappa shape index (κ2) is 8.31. The Balaban J connectivity index is 2.03. The molecular weight excluding hydrogens is 359 g/mol. The fraction of sp³-hybridized carbons (Fsp3) is 0.667. The lowest BCUT2D eigenvalue weighted by Crippen LogP contribution is -2.43. The molecule has 1 amide bonds. The lowest BCUT2D eigenvalue weighted by Gasteiger charge is -2.21. The fourth-order valence-electron chi connectivity index (χ4n) is 2.57. The number of ether oxygens (including phenoxy) is 1. The molecule has 1 aliphatic rings. The summed E-state index contributed by atoms with van der Waals surface area (Å²) in [7, 11) is 0. The molecule has 1 heterocycles. The van der Waals surface area contributed by atoms with Crippen molar-refractivity contribution in [3.8, 4) is 0 Å². The highest BCUT2D eigenvalue weighted by atomic mass is 35.5. The molecule has 0 aliphatic heterocycles. The van der Waals surface area contributed by atoms with Crippen LogP contribution in [0.5, 0.6) is 0 Å². The van der Waals surface area contributed by atoms with E-state index < -0.39 is 12.1 Å². The second-order valence-corrected chi connectivity index (χ2v) is 7.89. The molecule has 8 heteroatoms. The molecule has 2 rings (SSSR count). The van der Waals surface area contributed by atoms with Gasteiger partial charge in [0.2, 0.25) is 0 Å². The third-order valence-electron chi connectivity index (χ3n) is 3.72. The first-order valence-electron chi connectivity index (χ1n) is 7.70. The molecule has 1 fully saturated rings. The van der Waals surface area contributed by atoms with Crippen LogP contribution >= 0.6 is 34.7 Å². The number of carbonyl (C=O) groups is 2. The first kappa shape index (κ1) is 18.5. The molecule has 0 aromatic carbocycles.